The number of anilines is 1. The Labute approximate surface area is 115 Å². The minimum Gasteiger partial charge on any atom is -0.480 e. The third-order valence-corrected chi connectivity index (χ3v) is 3.09. The molecule has 0 aliphatic rings. The quantitative estimate of drug-likeness (QED) is 0.940. The van der Waals surface area contributed by atoms with Gasteiger partial charge in [-0.15, -0.1) is 0 Å². The smallest absolute Gasteiger partial charge is 0.232 e. The molecule has 1 heterocycles. The van der Waals surface area contributed by atoms with Gasteiger partial charge in [0.15, 0.2) is 0 Å². The Balaban J connectivity index is 2.14. The number of aromatic nitrogens is 2. The Morgan fingerprint density at radius 2 is 2.00 bits per heavy atom. The van der Waals surface area contributed by atoms with Crippen molar-refractivity contribution >= 4 is 21.9 Å². The van der Waals surface area contributed by atoms with E-state index >= 15 is 0 Å². The average Bonchev–Trinajstić information content (AvgIpc) is 2.42. The van der Waals surface area contributed by atoms with Gasteiger partial charge in [0.2, 0.25) is 11.8 Å². The van der Waals surface area contributed by atoms with Crippen molar-refractivity contribution in [3.63, 3.8) is 0 Å². The molecule has 1 atom stereocenters. The van der Waals surface area contributed by atoms with Crippen LogP contribution in [0.1, 0.15) is 18.5 Å². The first-order valence-electron chi connectivity index (χ1n) is 5.58. The molecule has 0 saturated carbocycles. The highest BCUT2D eigenvalue weighted by atomic mass is 79.9. The van der Waals surface area contributed by atoms with Crippen molar-refractivity contribution in [2.45, 2.75) is 13.0 Å². The fraction of sp³-hybridized carbons (Fsp3) is 0.231. The van der Waals surface area contributed by atoms with Crippen LogP contribution in [0.15, 0.2) is 41.0 Å². The summed E-state index contributed by atoms with van der Waals surface area (Å²) in [7, 11) is 1.58. The second-order valence-corrected chi connectivity index (χ2v) is 4.68. The molecule has 4 nitrogen and oxygen atoms in total. The van der Waals surface area contributed by atoms with Crippen LogP contribution in [0, 0.1) is 0 Å². The molecule has 1 aromatic carbocycles. The fourth-order valence-corrected chi connectivity index (χ4v) is 1.94. The predicted molar refractivity (Wildman–Crippen MR) is 74.8 cm³/mol. The summed E-state index contributed by atoms with van der Waals surface area (Å²) in [4.78, 5) is 8.47. The van der Waals surface area contributed by atoms with Crippen LogP contribution in [0.2, 0.25) is 0 Å². The molecule has 0 bridgehead atoms. The summed E-state index contributed by atoms with van der Waals surface area (Å²) in [6.07, 6.45) is 1.67. The largest absolute Gasteiger partial charge is 0.480 e. The monoisotopic (exact) mass is 307 g/mol. The minimum atomic E-state index is 0.136. The molecule has 1 aromatic heterocycles. The Bertz CT molecular complexity index is 519. The van der Waals surface area contributed by atoms with E-state index in [1.54, 1.807) is 13.3 Å². The van der Waals surface area contributed by atoms with E-state index in [-0.39, 0.29) is 6.04 Å². The van der Waals surface area contributed by atoms with Gasteiger partial charge in [0.1, 0.15) is 0 Å². The van der Waals surface area contributed by atoms with E-state index < -0.39 is 0 Å². The van der Waals surface area contributed by atoms with Gasteiger partial charge in [-0.2, -0.15) is 4.98 Å². The Kier molecular flexibility index (Phi) is 4.15. The van der Waals surface area contributed by atoms with Gasteiger partial charge in [0.25, 0.3) is 0 Å². The zero-order chi connectivity index (χ0) is 13.0. The summed E-state index contributed by atoms with van der Waals surface area (Å²) in [5, 5.41) is 3.24. The van der Waals surface area contributed by atoms with E-state index in [1.165, 1.54) is 5.56 Å². The van der Waals surface area contributed by atoms with Gasteiger partial charge in [-0.25, -0.2) is 4.98 Å². The second kappa shape index (κ2) is 5.82. The first-order valence-corrected chi connectivity index (χ1v) is 6.38. The van der Waals surface area contributed by atoms with Gasteiger partial charge in [0.05, 0.1) is 23.8 Å². The van der Waals surface area contributed by atoms with Crippen molar-refractivity contribution in [3.05, 3.63) is 46.6 Å². The number of hydrogen-bond donors (Lipinski definition) is 1. The molecule has 0 radical (unpaired) electrons. The number of rotatable bonds is 4. The van der Waals surface area contributed by atoms with Crippen molar-refractivity contribution in [1.29, 1.82) is 0 Å². The zero-order valence-corrected chi connectivity index (χ0v) is 11.8. The average molecular weight is 308 g/mol. The van der Waals surface area contributed by atoms with Gasteiger partial charge >= 0.3 is 0 Å². The lowest BCUT2D eigenvalue weighted by Gasteiger charge is -2.14. The van der Waals surface area contributed by atoms with Crippen LogP contribution in [-0.2, 0) is 0 Å². The first kappa shape index (κ1) is 12.8. The van der Waals surface area contributed by atoms with E-state index in [2.05, 4.69) is 50.3 Å². The maximum absolute atomic E-state index is 5.13. The molecule has 0 aliphatic carbocycles. The second-order valence-electron chi connectivity index (χ2n) is 3.83. The number of benzene rings is 1. The summed E-state index contributed by atoms with van der Waals surface area (Å²) in [6.45, 7) is 2.06. The Morgan fingerprint density at radius 1 is 1.28 bits per heavy atom. The summed E-state index contributed by atoms with van der Waals surface area (Å²) in [5.74, 6) is 1.07. The molecule has 0 spiro atoms. The van der Waals surface area contributed by atoms with Gasteiger partial charge in [-0.05, 0) is 28.4 Å². The van der Waals surface area contributed by atoms with Crippen LogP contribution in [-0.4, -0.2) is 17.1 Å². The van der Waals surface area contributed by atoms with E-state index in [1.807, 2.05) is 18.2 Å². The lowest BCUT2D eigenvalue weighted by Crippen LogP contribution is -2.09. The first-order chi connectivity index (χ1) is 8.70. The molecule has 0 saturated heterocycles. The molecule has 1 N–H and O–H groups in total. The predicted octanol–water partition coefficient (Wildman–Crippen LogP) is 3.42. The van der Waals surface area contributed by atoms with Crippen molar-refractivity contribution in [2.24, 2.45) is 0 Å². The van der Waals surface area contributed by atoms with Crippen molar-refractivity contribution in [2.75, 3.05) is 12.4 Å². The van der Waals surface area contributed by atoms with Crippen LogP contribution in [0.3, 0.4) is 0 Å². The molecule has 2 aromatic rings. The highest BCUT2D eigenvalue weighted by Gasteiger charge is 2.09. The van der Waals surface area contributed by atoms with Crippen LogP contribution in [0.5, 0.6) is 5.88 Å². The third-order valence-electron chi connectivity index (χ3n) is 2.55. The molecule has 0 fully saturated rings. The number of nitrogens with zero attached hydrogens (tertiary/aromatic N) is 2. The fourth-order valence-electron chi connectivity index (χ4n) is 1.58. The van der Waals surface area contributed by atoms with E-state index in [9.17, 15) is 0 Å². The van der Waals surface area contributed by atoms with Gasteiger partial charge < -0.3 is 10.1 Å². The number of nitrogens with one attached hydrogen (secondary N) is 1. The topological polar surface area (TPSA) is 47.0 Å². The van der Waals surface area contributed by atoms with E-state index in [4.69, 9.17) is 4.74 Å². The maximum atomic E-state index is 5.13. The standard InChI is InChI=1S/C13H14BrN3O/c1-9(10-6-4-3-5-7-10)16-13-15-8-11(14)12(17-13)18-2/h3-9H,1-2H3,(H,15,16,17). The SMILES string of the molecule is COc1nc(NC(C)c2ccccc2)ncc1Br. The molecule has 1 unspecified atom stereocenters. The third kappa shape index (κ3) is 2.98. The number of halogens is 1. The van der Waals surface area contributed by atoms with Crippen molar-refractivity contribution < 1.29 is 4.74 Å². The zero-order valence-electron chi connectivity index (χ0n) is 10.2. The highest BCUT2D eigenvalue weighted by Crippen LogP contribution is 2.23. The number of hydrogen-bond acceptors (Lipinski definition) is 4. The summed E-state index contributed by atoms with van der Waals surface area (Å²) < 4.78 is 5.87. The van der Waals surface area contributed by atoms with E-state index in [0.717, 1.165) is 4.47 Å². The van der Waals surface area contributed by atoms with Crippen molar-refractivity contribution in [3.8, 4) is 5.88 Å². The molecule has 2 rings (SSSR count). The van der Waals surface area contributed by atoms with Crippen LogP contribution in [0.4, 0.5) is 5.95 Å². The summed E-state index contributed by atoms with van der Waals surface area (Å²) in [6, 6.07) is 10.3. The van der Waals surface area contributed by atoms with E-state index in [0.29, 0.717) is 11.8 Å². The van der Waals surface area contributed by atoms with Crippen LogP contribution in [0.25, 0.3) is 0 Å². The Morgan fingerprint density at radius 3 is 2.67 bits per heavy atom. The molecule has 0 amide bonds. The normalized spacial score (nSPS) is 11.9. The lowest BCUT2D eigenvalue weighted by molar-refractivity contribution is 0.394. The molecule has 5 heteroatoms. The molecule has 94 valence electrons. The molecule has 0 aliphatic heterocycles. The maximum Gasteiger partial charge on any atom is 0.232 e. The van der Waals surface area contributed by atoms with Gasteiger partial charge in [0, 0.05) is 0 Å². The molecular weight excluding hydrogens is 294 g/mol. The molecule has 18 heavy (non-hydrogen) atoms. The number of methoxy groups -OCH3 is 1. The Hall–Kier alpha value is -1.62. The molecular formula is C13H14BrN3O. The highest BCUT2D eigenvalue weighted by molar-refractivity contribution is 9.10. The minimum absolute atomic E-state index is 0.136. The van der Waals surface area contributed by atoms with Gasteiger partial charge in [-0.3, -0.25) is 0 Å². The lowest BCUT2D eigenvalue weighted by atomic mass is 10.1. The number of ether oxygens (including phenoxy) is 1. The van der Waals surface area contributed by atoms with Crippen molar-refractivity contribution in [1.82, 2.24) is 9.97 Å². The summed E-state index contributed by atoms with van der Waals surface area (Å²) >= 11 is 3.32. The van der Waals surface area contributed by atoms with Crippen LogP contribution < -0.4 is 10.1 Å². The van der Waals surface area contributed by atoms with Gasteiger partial charge in [-0.1, -0.05) is 30.3 Å². The summed E-state index contributed by atoms with van der Waals surface area (Å²) in [5.41, 5.74) is 1.18. The van der Waals surface area contributed by atoms with Crippen LogP contribution >= 0.6 is 15.9 Å².